The van der Waals surface area contributed by atoms with Gasteiger partial charge in [-0.05, 0) is 43.2 Å². The fourth-order valence-electron chi connectivity index (χ4n) is 2.64. The first-order valence-electron chi connectivity index (χ1n) is 8.26. The maximum Gasteiger partial charge on any atom is 0.279 e. The lowest BCUT2D eigenvalue weighted by Gasteiger charge is -2.13. The Balaban J connectivity index is 2.05. The second kappa shape index (κ2) is 7.33. The SMILES string of the molecule is COc1ccccc1-n1nc(C(=O)Nc2cc(C)ccc2C)c(O)cc1=O. The number of anilines is 1. The molecule has 27 heavy (non-hydrogen) atoms. The highest BCUT2D eigenvalue weighted by Gasteiger charge is 2.19. The minimum Gasteiger partial charge on any atom is -0.505 e. The van der Waals surface area contributed by atoms with Crippen molar-refractivity contribution in [2.45, 2.75) is 13.8 Å². The summed E-state index contributed by atoms with van der Waals surface area (Å²) in [4.78, 5) is 25.0. The summed E-state index contributed by atoms with van der Waals surface area (Å²) in [5, 5.41) is 16.9. The van der Waals surface area contributed by atoms with Crippen molar-refractivity contribution in [1.82, 2.24) is 9.78 Å². The van der Waals surface area contributed by atoms with E-state index in [0.717, 1.165) is 21.9 Å². The van der Waals surface area contributed by atoms with Crippen LogP contribution in [-0.4, -0.2) is 27.9 Å². The number of hydrogen-bond acceptors (Lipinski definition) is 5. The van der Waals surface area contributed by atoms with Crippen molar-refractivity contribution in [3.63, 3.8) is 0 Å². The molecule has 138 valence electrons. The molecule has 2 aromatic carbocycles. The zero-order chi connectivity index (χ0) is 19.6. The molecule has 0 saturated heterocycles. The van der Waals surface area contributed by atoms with Gasteiger partial charge < -0.3 is 15.2 Å². The first-order valence-corrected chi connectivity index (χ1v) is 8.26. The van der Waals surface area contributed by atoms with E-state index in [9.17, 15) is 14.7 Å². The minimum atomic E-state index is -0.621. The first kappa shape index (κ1) is 18.2. The second-order valence-corrected chi connectivity index (χ2v) is 6.07. The smallest absolute Gasteiger partial charge is 0.279 e. The van der Waals surface area contributed by atoms with Gasteiger partial charge in [-0.1, -0.05) is 24.3 Å². The van der Waals surface area contributed by atoms with Crippen molar-refractivity contribution < 1.29 is 14.6 Å². The van der Waals surface area contributed by atoms with Gasteiger partial charge in [-0.3, -0.25) is 9.59 Å². The molecular formula is C20H19N3O4. The number of carbonyl (C=O) groups is 1. The Hall–Kier alpha value is -3.61. The summed E-state index contributed by atoms with van der Waals surface area (Å²) in [7, 11) is 1.47. The number of aromatic nitrogens is 2. The molecule has 1 heterocycles. The zero-order valence-electron chi connectivity index (χ0n) is 15.2. The van der Waals surface area contributed by atoms with Gasteiger partial charge in [0.15, 0.2) is 11.4 Å². The van der Waals surface area contributed by atoms with Crippen LogP contribution in [0.4, 0.5) is 5.69 Å². The van der Waals surface area contributed by atoms with Crippen LogP contribution < -0.4 is 15.6 Å². The number of ether oxygens (including phenoxy) is 1. The fraction of sp³-hybridized carbons (Fsp3) is 0.150. The van der Waals surface area contributed by atoms with Gasteiger partial charge in [0.2, 0.25) is 0 Å². The predicted molar refractivity (Wildman–Crippen MR) is 102 cm³/mol. The van der Waals surface area contributed by atoms with Crippen LogP contribution in [0, 0.1) is 13.8 Å². The predicted octanol–water partition coefficient (Wildman–Crippen LogP) is 2.82. The third-order valence-corrected chi connectivity index (χ3v) is 4.08. The number of nitrogens with one attached hydrogen (secondary N) is 1. The highest BCUT2D eigenvalue weighted by atomic mass is 16.5. The summed E-state index contributed by atoms with van der Waals surface area (Å²) < 4.78 is 6.27. The quantitative estimate of drug-likeness (QED) is 0.742. The first-order chi connectivity index (χ1) is 12.9. The molecule has 1 amide bonds. The summed E-state index contributed by atoms with van der Waals surface area (Å²) in [6.07, 6.45) is 0. The maximum atomic E-state index is 12.7. The number of benzene rings is 2. The van der Waals surface area contributed by atoms with E-state index in [4.69, 9.17) is 4.74 Å². The van der Waals surface area contributed by atoms with Crippen molar-refractivity contribution in [3.05, 3.63) is 75.7 Å². The number of amides is 1. The number of carbonyl (C=O) groups excluding carboxylic acids is 1. The minimum absolute atomic E-state index is 0.263. The van der Waals surface area contributed by atoms with Gasteiger partial charge >= 0.3 is 0 Å². The van der Waals surface area contributed by atoms with Crippen LogP contribution >= 0.6 is 0 Å². The van der Waals surface area contributed by atoms with E-state index in [1.807, 2.05) is 32.0 Å². The van der Waals surface area contributed by atoms with Crippen molar-refractivity contribution in [1.29, 1.82) is 0 Å². The van der Waals surface area contributed by atoms with Gasteiger partial charge in [0.1, 0.15) is 11.4 Å². The van der Waals surface area contributed by atoms with Crippen LogP contribution in [0.5, 0.6) is 11.5 Å². The topological polar surface area (TPSA) is 93.5 Å². The zero-order valence-corrected chi connectivity index (χ0v) is 15.2. The Morgan fingerprint density at radius 2 is 1.89 bits per heavy atom. The second-order valence-electron chi connectivity index (χ2n) is 6.07. The fourth-order valence-corrected chi connectivity index (χ4v) is 2.64. The highest BCUT2D eigenvalue weighted by Crippen LogP contribution is 2.22. The Morgan fingerprint density at radius 3 is 2.63 bits per heavy atom. The Morgan fingerprint density at radius 1 is 1.15 bits per heavy atom. The molecule has 7 heteroatoms. The summed E-state index contributed by atoms with van der Waals surface area (Å²) in [5.74, 6) is -0.697. The molecule has 0 unspecified atom stereocenters. The van der Waals surface area contributed by atoms with Crippen LogP contribution in [0.25, 0.3) is 5.69 Å². The van der Waals surface area contributed by atoms with Gasteiger partial charge in [-0.15, -0.1) is 0 Å². The van der Waals surface area contributed by atoms with E-state index in [1.54, 1.807) is 24.3 Å². The molecule has 0 atom stereocenters. The highest BCUT2D eigenvalue weighted by molar-refractivity contribution is 6.04. The summed E-state index contributed by atoms with van der Waals surface area (Å²) in [6, 6.07) is 13.4. The molecule has 3 aromatic rings. The third-order valence-electron chi connectivity index (χ3n) is 4.08. The van der Waals surface area contributed by atoms with Gasteiger partial charge in [-0.2, -0.15) is 9.78 Å². The molecule has 1 aromatic heterocycles. The number of rotatable bonds is 4. The number of para-hydroxylation sites is 2. The molecule has 0 bridgehead atoms. The molecular weight excluding hydrogens is 346 g/mol. The molecule has 0 saturated carbocycles. The molecule has 0 aliphatic carbocycles. The van der Waals surface area contributed by atoms with Crippen LogP contribution in [0.3, 0.4) is 0 Å². The van der Waals surface area contributed by atoms with Crippen molar-refractivity contribution >= 4 is 11.6 Å². The molecule has 0 fully saturated rings. The summed E-state index contributed by atoms with van der Waals surface area (Å²) in [6.45, 7) is 3.77. The van der Waals surface area contributed by atoms with Crippen LogP contribution in [0.2, 0.25) is 0 Å². The van der Waals surface area contributed by atoms with E-state index in [0.29, 0.717) is 17.1 Å². The normalized spacial score (nSPS) is 10.5. The molecule has 3 rings (SSSR count). The standard InChI is InChI=1S/C20H19N3O4/c1-12-8-9-13(2)14(10-12)21-20(26)19-16(24)11-18(25)23(22-19)15-6-4-5-7-17(15)27-3/h4-11,24H,1-3H3,(H,21,26). The lowest BCUT2D eigenvalue weighted by Crippen LogP contribution is -2.25. The largest absolute Gasteiger partial charge is 0.505 e. The molecule has 0 aliphatic rings. The van der Waals surface area contributed by atoms with Crippen LogP contribution in [0.15, 0.2) is 53.3 Å². The lowest BCUT2D eigenvalue weighted by atomic mass is 10.1. The van der Waals surface area contributed by atoms with Gasteiger partial charge in [0, 0.05) is 11.8 Å². The molecule has 2 N–H and O–H groups in total. The molecule has 0 spiro atoms. The number of nitrogens with zero attached hydrogens (tertiary/aromatic N) is 2. The molecule has 7 nitrogen and oxygen atoms in total. The summed E-state index contributed by atoms with van der Waals surface area (Å²) in [5.41, 5.74) is 1.97. The lowest BCUT2D eigenvalue weighted by molar-refractivity contribution is 0.101. The van der Waals surface area contributed by atoms with Gasteiger partial charge in [0.05, 0.1) is 7.11 Å². The number of methoxy groups -OCH3 is 1. The van der Waals surface area contributed by atoms with E-state index >= 15 is 0 Å². The number of aromatic hydroxyl groups is 1. The Bertz CT molecular complexity index is 1070. The monoisotopic (exact) mass is 365 g/mol. The van der Waals surface area contributed by atoms with Crippen LogP contribution in [-0.2, 0) is 0 Å². The number of aryl methyl sites for hydroxylation is 2. The van der Waals surface area contributed by atoms with E-state index in [-0.39, 0.29) is 5.69 Å². The Kier molecular flexibility index (Phi) is 4.94. The van der Waals surface area contributed by atoms with Crippen molar-refractivity contribution in [3.8, 4) is 17.2 Å². The van der Waals surface area contributed by atoms with E-state index in [1.165, 1.54) is 7.11 Å². The van der Waals surface area contributed by atoms with E-state index in [2.05, 4.69) is 10.4 Å². The molecule has 0 radical (unpaired) electrons. The Labute approximate surface area is 155 Å². The van der Waals surface area contributed by atoms with Crippen molar-refractivity contribution in [2.75, 3.05) is 12.4 Å². The summed E-state index contributed by atoms with van der Waals surface area (Å²) >= 11 is 0. The third kappa shape index (κ3) is 3.67. The molecule has 0 aliphatic heterocycles. The number of hydrogen-bond donors (Lipinski definition) is 2. The van der Waals surface area contributed by atoms with E-state index < -0.39 is 17.2 Å². The average molecular weight is 365 g/mol. The van der Waals surface area contributed by atoms with Gasteiger partial charge in [0.25, 0.3) is 11.5 Å². The van der Waals surface area contributed by atoms with Crippen LogP contribution in [0.1, 0.15) is 21.6 Å². The average Bonchev–Trinajstić information content (AvgIpc) is 2.64. The van der Waals surface area contributed by atoms with Gasteiger partial charge in [-0.25, -0.2) is 0 Å². The van der Waals surface area contributed by atoms with Crippen molar-refractivity contribution in [2.24, 2.45) is 0 Å². The maximum absolute atomic E-state index is 12.7.